The van der Waals surface area contributed by atoms with Crippen molar-refractivity contribution >= 4 is 39.1 Å². The summed E-state index contributed by atoms with van der Waals surface area (Å²) in [6.45, 7) is 2.04. The predicted molar refractivity (Wildman–Crippen MR) is 76.6 cm³/mol. The highest BCUT2D eigenvalue weighted by atomic mass is 79.9. The standard InChI is InChI=1S/C14H11BrOS/c1-10-7-8-17-14(10)6-5-13(16)11-3-2-4-12(15)9-11/h2-9H,1H3. The number of allylic oxidation sites excluding steroid dienone is 1. The van der Waals surface area contributed by atoms with Crippen LogP contribution in [0.25, 0.3) is 6.08 Å². The number of benzene rings is 1. The van der Waals surface area contributed by atoms with Crippen molar-refractivity contribution in [3.8, 4) is 0 Å². The van der Waals surface area contributed by atoms with Gasteiger partial charge in [0.15, 0.2) is 5.78 Å². The van der Waals surface area contributed by atoms with Crippen LogP contribution in [0, 0.1) is 6.92 Å². The molecule has 0 fully saturated rings. The Morgan fingerprint density at radius 3 is 2.82 bits per heavy atom. The van der Waals surface area contributed by atoms with Gasteiger partial charge < -0.3 is 0 Å². The minimum absolute atomic E-state index is 0.0269. The van der Waals surface area contributed by atoms with Crippen LogP contribution in [0.3, 0.4) is 0 Å². The second kappa shape index (κ2) is 5.43. The van der Waals surface area contributed by atoms with Crippen LogP contribution in [0.2, 0.25) is 0 Å². The van der Waals surface area contributed by atoms with Crippen molar-refractivity contribution in [1.29, 1.82) is 0 Å². The van der Waals surface area contributed by atoms with E-state index in [9.17, 15) is 4.79 Å². The fraction of sp³-hybridized carbons (Fsp3) is 0.0714. The Bertz CT molecular complexity index is 569. The van der Waals surface area contributed by atoms with E-state index >= 15 is 0 Å². The molecule has 0 atom stereocenters. The van der Waals surface area contributed by atoms with Gasteiger partial charge in [0.05, 0.1) is 0 Å². The largest absolute Gasteiger partial charge is 0.289 e. The maximum Gasteiger partial charge on any atom is 0.185 e. The topological polar surface area (TPSA) is 17.1 Å². The molecule has 0 bridgehead atoms. The summed E-state index contributed by atoms with van der Waals surface area (Å²) < 4.78 is 0.920. The lowest BCUT2D eigenvalue weighted by Gasteiger charge is -1.96. The van der Waals surface area contributed by atoms with Gasteiger partial charge in [0.1, 0.15) is 0 Å². The Morgan fingerprint density at radius 1 is 1.35 bits per heavy atom. The third kappa shape index (κ3) is 3.14. The molecular formula is C14H11BrOS. The lowest BCUT2D eigenvalue weighted by Crippen LogP contribution is -1.93. The lowest BCUT2D eigenvalue weighted by molar-refractivity contribution is 0.104. The summed E-state index contributed by atoms with van der Waals surface area (Å²) >= 11 is 5.00. The number of carbonyl (C=O) groups is 1. The second-order valence-electron chi connectivity index (χ2n) is 3.68. The third-order valence-electron chi connectivity index (χ3n) is 2.40. The minimum Gasteiger partial charge on any atom is -0.289 e. The van der Waals surface area contributed by atoms with Gasteiger partial charge in [-0.25, -0.2) is 0 Å². The van der Waals surface area contributed by atoms with Crippen LogP contribution in [-0.2, 0) is 0 Å². The summed E-state index contributed by atoms with van der Waals surface area (Å²) in [6, 6.07) is 9.46. The number of halogens is 1. The maximum atomic E-state index is 11.9. The molecule has 2 rings (SSSR count). The zero-order valence-electron chi connectivity index (χ0n) is 9.31. The third-order valence-corrected chi connectivity index (χ3v) is 3.87. The first-order valence-electron chi connectivity index (χ1n) is 5.19. The quantitative estimate of drug-likeness (QED) is 0.592. The molecule has 0 aliphatic heterocycles. The van der Waals surface area contributed by atoms with Crippen molar-refractivity contribution in [2.75, 3.05) is 0 Å². The molecular weight excluding hydrogens is 296 g/mol. The molecule has 1 nitrogen and oxygen atoms in total. The molecule has 3 heteroatoms. The summed E-state index contributed by atoms with van der Waals surface area (Å²) in [7, 11) is 0. The molecule has 1 aromatic carbocycles. The molecule has 0 aliphatic carbocycles. The molecule has 1 heterocycles. The average Bonchev–Trinajstić information content (AvgIpc) is 2.72. The molecule has 17 heavy (non-hydrogen) atoms. The fourth-order valence-corrected chi connectivity index (χ4v) is 2.66. The Kier molecular flexibility index (Phi) is 3.92. The summed E-state index contributed by atoms with van der Waals surface area (Å²) in [5, 5.41) is 2.03. The van der Waals surface area contributed by atoms with Crippen LogP contribution in [-0.4, -0.2) is 5.78 Å². The van der Waals surface area contributed by atoms with E-state index in [4.69, 9.17) is 0 Å². The van der Waals surface area contributed by atoms with Crippen LogP contribution in [0.5, 0.6) is 0 Å². The van der Waals surface area contributed by atoms with Crippen molar-refractivity contribution in [3.05, 3.63) is 62.3 Å². The monoisotopic (exact) mass is 306 g/mol. The van der Waals surface area contributed by atoms with Gasteiger partial charge in [0.2, 0.25) is 0 Å². The minimum atomic E-state index is 0.0269. The van der Waals surface area contributed by atoms with Crippen molar-refractivity contribution in [2.45, 2.75) is 6.92 Å². The highest BCUT2D eigenvalue weighted by Gasteiger charge is 2.02. The molecule has 0 radical (unpaired) electrons. The molecule has 0 saturated heterocycles. The van der Waals surface area contributed by atoms with E-state index in [1.807, 2.05) is 48.7 Å². The highest BCUT2D eigenvalue weighted by Crippen LogP contribution is 2.18. The SMILES string of the molecule is Cc1ccsc1C=CC(=O)c1cccc(Br)c1. The molecule has 0 unspecified atom stereocenters. The number of rotatable bonds is 3. The first-order valence-corrected chi connectivity index (χ1v) is 6.86. The van der Waals surface area contributed by atoms with Crippen LogP contribution in [0.15, 0.2) is 46.3 Å². The normalized spacial score (nSPS) is 10.9. The summed E-state index contributed by atoms with van der Waals surface area (Å²) in [4.78, 5) is 13.0. The molecule has 0 N–H and O–H groups in total. The number of carbonyl (C=O) groups excluding carboxylic acids is 1. The van der Waals surface area contributed by atoms with Crippen LogP contribution in [0.4, 0.5) is 0 Å². The molecule has 2 aromatic rings. The van der Waals surface area contributed by atoms with E-state index in [0.717, 1.165) is 9.35 Å². The van der Waals surface area contributed by atoms with Crippen molar-refractivity contribution in [3.63, 3.8) is 0 Å². The molecule has 0 amide bonds. The van der Waals surface area contributed by atoms with E-state index < -0.39 is 0 Å². The van der Waals surface area contributed by atoms with Crippen molar-refractivity contribution < 1.29 is 4.79 Å². The Hall–Kier alpha value is -1.19. The Balaban J connectivity index is 2.17. The van der Waals surface area contributed by atoms with E-state index in [-0.39, 0.29) is 5.78 Å². The van der Waals surface area contributed by atoms with Gasteiger partial charge in [-0.15, -0.1) is 11.3 Å². The number of hydrogen-bond acceptors (Lipinski definition) is 2. The molecule has 86 valence electrons. The van der Waals surface area contributed by atoms with Gasteiger partial charge in [0, 0.05) is 14.9 Å². The van der Waals surface area contributed by atoms with Gasteiger partial charge in [-0.1, -0.05) is 28.1 Å². The van der Waals surface area contributed by atoms with E-state index in [2.05, 4.69) is 15.9 Å². The van der Waals surface area contributed by atoms with Gasteiger partial charge in [-0.2, -0.15) is 0 Å². The molecule has 0 spiro atoms. The zero-order valence-corrected chi connectivity index (χ0v) is 11.7. The summed E-state index contributed by atoms with van der Waals surface area (Å²) in [5.41, 5.74) is 1.90. The first kappa shape index (κ1) is 12.3. The number of aryl methyl sites for hydroxylation is 1. The van der Waals surface area contributed by atoms with Crippen LogP contribution >= 0.6 is 27.3 Å². The van der Waals surface area contributed by atoms with E-state index in [1.165, 1.54) is 5.56 Å². The van der Waals surface area contributed by atoms with Gasteiger partial charge in [-0.3, -0.25) is 4.79 Å². The number of hydrogen-bond donors (Lipinski definition) is 0. The van der Waals surface area contributed by atoms with Crippen LogP contribution < -0.4 is 0 Å². The second-order valence-corrected chi connectivity index (χ2v) is 5.54. The summed E-state index contributed by atoms with van der Waals surface area (Å²) in [6.07, 6.45) is 3.50. The summed E-state index contributed by atoms with van der Waals surface area (Å²) in [5.74, 6) is 0.0269. The fourth-order valence-electron chi connectivity index (χ4n) is 1.44. The smallest absolute Gasteiger partial charge is 0.185 e. The molecule has 0 saturated carbocycles. The van der Waals surface area contributed by atoms with E-state index in [0.29, 0.717) is 5.56 Å². The van der Waals surface area contributed by atoms with E-state index in [1.54, 1.807) is 17.4 Å². The van der Waals surface area contributed by atoms with Crippen molar-refractivity contribution in [1.82, 2.24) is 0 Å². The highest BCUT2D eigenvalue weighted by molar-refractivity contribution is 9.10. The van der Waals surface area contributed by atoms with Crippen molar-refractivity contribution in [2.24, 2.45) is 0 Å². The Labute approximate surface area is 113 Å². The van der Waals surface area contributed by atoms with Crippen LogP contribution in [0.1, 0.15) is 20.8 Å². The average molecular weight is 307 g/mol. The Morgan fingerprint density at radius 2 is 2.18 bits per heavy atom. The number of thiophene rings is 1. The molecule has 1 aromatic heterocycles. The predicted octanol–water partition coefficient (Wildman–Crippen LogP) is 4.72. The first-order chi connectivity index (χ1) is 8.16. The lowest BCUT2D eigenvalue weighted by atomic mass is 10.1. The van der Waals surface area contributed by atoms with Gasteiger partial charge in [0.25, 0.3) is 0 Å². The van der Waals surface area contributed by atoms with Gasteiger partial charge in [-0.05, 0) is 48.2 Å². The van der Waals surface area contributed by atoms with Gasteiger partial charge >= 0.3 is 0 Å². The zero-order chi connectivity index (χ0) is 12.3. The number of ketones is 1. The maximum absolute atomic E-state index is 11.9. The molecule has 0 aliphatic rings.